The molecule has 0 radical (unpaired) electrons. The average Bonchev–Trinajstić information content (AvgIpc) is 2.78. The van der Waals surface area contributed by atoms with Gasteiger partial charge in [-0.3, -0.25) is 4.79 Å². The number of carbonyl (C=O) groups excluding carboxylic acids is 1. The Morgan fingerprint density at radius 3 is 2.77 bits per heavy atom. The van der Waals surface area contributed by atoms with Crippen LogP contribution in [0.5, 0.6) is 0 Å². The molecular weight excluding hydrogens is 328 g/mol. The second-order valence-electron chi connectivity index (χ2n) is 7.15. The Labute approximate surface area is 153 Å². The summed E-state index contributed by atoms with van der Waals surface area (Å²) in [5.74, 6) is 1.02. The number of nitrogens with one attached hydrogen (secondary N) is 2. The van der Waals surface area contributed by atoms with Crippen molar-refractivity contribution in [1.29, 1.82) is 0 Å². The molecule has 3 heterocycles. The number of aromatic nitrogens is 2. The first-order valence-corrected chi connectivity index (χ1v) is 8.99. The Balaban J connectivity index is 1.66. The number of amides is 1. The van der Waals surface area contributed by atoms with E-state index in [9.17, 15) is 4.79 Å². The maximum atomic E-state index is 12.5. The van der Waals surface area contributed by atoms with Gasteiger partial charge >= 0.3 is 0 Å². The van der Waals surface area contributed by atoms with E-state index in [4.69, 9.17) is 0 Å². The van der Waals surface area contributed by atoms with Gasteiger partial charge in [0.2, 0.25) is 5.95 Å². The van der Waals surface area contributed by atoms with Gasteiger partial charge in [-0.15, -0.1) is 0 Å². The van der Waals surface area contributed by atoms with Crippen LogP contribution in [0.4, 0.5) is 23.1 Å². The zero-order valence-electron chi connectivity index (χ0n) is 15.4. The Morgan fingerprint density at radius 1 is 1.23 bits per heavy atom. The van der Waals surface area contributed by atoms with Crippen LogP contribution in [0.2, 0.25) is 0 Å². The molecule has 0 spiro atoms. The summed E-state index contributed by atoms with van der Waals surface area (Å²) in [6.07, 6.45) is 3.79. The summed E-state index contributed by atoms with van der Waals surface area (Å²) in [5.41, 5.74) is 3.16. The zero-order chi connectivity index (χ0) is 18.3. The summed E-state index contributed by atoms with van der Waals surface area (Å²) in [7, 11) is 4.19. The van der Waals surface area contributed by atoms with Gasteiger partial charge in [0.1, 0.15) is 11.4 Å². The van der Waals surface area contributed by atoms with Crippen LogP contribution in [0.3, 0.4) is 0 Å². The van der Waals surface area contributed by atoms with Crippen molar-refractivity contribution in [2.45, 2.75) is 25.8 Å². The van der Waals surface area contributed by atoms with Crippen molar-refractivity contribution in [2.75, 3.05) is 42.7 Å². The molecule has 1 saturated heterocycles. The van der Waals surface area contributed by atoms with Crippen molar-refractivity contribution in [3.05, 3.63) is 35.5 Å². The number of aryl methyl sites for hydroxylation is 1. The van der Waals surface area contributed by atoms with E-state index in [1.54, 1.807) is 6.20 Å². The minimum Gasteiger partial charge on any atom is -0.341 e. The lowest BCUT2D eigenvalue weighted by molar-refractivity contribution is 0.102. The molecular formula is C19H24N6O. The van der Waals surface area contributed by atoms with Gasteiger partial charge in [0, 0.05) is 19.3 Å². The predicted molar refractivity (Wildman–Crippen MR) is 103 cm³/mol. The largest absolute Gasteiger partial charge is 0.341 e. The summed E-state index contributed by atoms with van der Waals surface area (Å²) < 4.78 is 0. The summed E-state index contributed by atoms with van der Waals surface area (Å²) in [6, 6.07) is 6.24. The van der Waals surface area contributed by atoms with Crippen LogP contribution < -0.4 is 15.5 Å². The highest BCUT2D eigenvalue weighted by molar-refractivity contribution is 6.11. The number of hydrogen-bond donors (Lipinski definition) is 2. The normalized spacial score (nSPS) is 17.6. The number of hydrogen-bond acceptors (Lipinski definition) is 6. The van der Waals surface area contributed by atoms with Gasteiger partial charge in [-0.25, -0.2) is 4.98 Å². The summed E-state index contributed by atoms with van der Waals surface area (Å²) in [6.45, 7) is 4.16. The van der Waals surface area contributed by atoms with Gasteiger partial charge in [-0.2, -0.15) is 4.98 Å². The molecule has 0 bridgehead atoms. The van der Waals surface area contributed by atoms with Gasteiger partial charge in [0.15, 0.2) is 0 Å². The number of nitrogens with zero attached hydrogens (tertiary/aromatic N) is 4. The molecule has 26 heavy (non-hydrogen) atoms. The molecule has 2 aliphatic rings. The lowest BCUT2D eigenvalue weighted by Crippen LogP contribution is -2.42. The first-order chi connectivity index (χ1) is 12.5. The Hall–Kier alpha value is -2.67. The standard InChI is InChI=1S/C19H24N6O/c1-12-5-4-6-15-16(12)22-17-14(18(26)21-15)11-20-19(23-17)25(3)13-7-9-24(2)10-8-13/h4-6,11,13H,7-10H2,1-3H3,(H,21,26)(H,20,22,23). The fraction of sp³-hybridized carbons (Fsp3) is 0.421. The zero-order valence-corrected chi connectivity index (χ0v) is 15.4. The summed E-state index contributed by atoms with van der Waals surface area (Å²) >= 11 is 0. The van der Waals surface area contributed by atoms with E-state index in [1.165, 1.54) is 0 Å². The van der Waals surface area contributed by atoms with Crippen LogP contribution >= 0.6 is 0 Å². The Bertz CT molecular complexity index is 844. The number of para-hydroxylation sites is 1. The van der Waals surface area contributed by atoms with E-state index in [0.29, 0.717) is 23.4 Å². The molecule has 4 rings (SSSR count). The van der Waals surface area contributed by atoms with Crippen LogP contribution in [0.25, 0.3) is 0 Å². The third-order valence-electron chi connectivity index (χ3n) is 5.34. The van der Waals surface area contributed by atoms with Gasteiger partial charge in [0.25, 0.3) is 5.91 Å². The van der Waals surface area contributed by atoms with Crippen LogP contribution in [0.1, 0.15) is 28.8 Å². The smallest absolute Gasteiger partial charge is 0.261 e. The maximum absolute atomic E-state index is 12.5. The highest BCUT2D eigenvalue weighted by Crippen LogP contribution is 2.34. The molecule has 0 unspecified atom stereocenters. The van der Waals surface area contributed by atoms with Crippen molar-refractivity contribution in [1.82, 2.24) is 14.9 Å². The van der Waals surface area contributed by atoms with Crippen molar-refractivity contribution in [3.8, 4) is 0 Å². The molecule has 7 nitrogen and oxygen atoms in total. The Kier molecular flexibility index (Phi) is 4.24. The fourth-order valence-electron chi connectivity index (χ4n) is 3.60. The average molecular weight is 352 g/mol. The topological polar surface area (TPSA) is 73.4 Å². The van der Waals surface area contributed by atoms with E-state index in [-0.39, 0.29) is 5.91 Å². The van der Waals surface area contributed by atoms with Crippen LogP contribution in [0.15, 0.2) is 24.4 Å². The lowest BCUT2D eigenvalue weighted by Gasteiger charge is -2.35. The van der Waals surface area contributed by atoms with Crippen LogP contribution in [-0.4, -0.2) is 54.0 Å². The molecule has 0 saturated carbocycles. The lowest BCUT2D eigenvalue weighted by atomic mass is 10.0. The second kappa shape index (κ2) is 6.57. The van der Waals surface area contributed by atoms with Gasteiger partial charge in [-0.1, -0.05) is 12.1 Å². The molecule has 0 atom stereocenters. The minimum atomic E-state index is -0.189. The van der Waals surface area contributed by atoms with Crippen molar-refractivity contribution in [2.24, 2.45) is 0 Å². The molecule has 2 aromatic rings. The molecule has 2 N–H and O–H groups in total. The third kappa shape index (κ3) is 2.99. The number of anilines is 4. The van der Waals surface area contributed by atoms with E-state index < -0.39 is 0 Å². The molecule has 1 aromatic heterocycles. The van der Waals surface area contributed by atoms with Gasteiger partial charge in [0.05, 0.1) is 11.4 Å². The number of carbonyl (C=O) groups is 1. The van der Waals surface area contributed by atoms with Crippen LogP contribution in [-0.2, 0) is 0 Å². The van der Waals surface area contributed by atoms with E-state index in [0.717, 1.165) is 42.9 Å². The highest BCUT2D eigenvalue weighted by atomic mass is 16.1. The molecule has 136 valence electrons. The van der Waals surface area contributed by atoms with Gasteiger partial charge in [-0.05, 0) is 51.5 Å². The second-order valence-corrected chi connectivity index (χ2v) is 7.15. The third-order valence-corrected chi connectivity index (χ3v) is 5.34. The van der Waals surface area contributed by atoms with Crippen molar-refractivity contribution < 1.29 is 4.79 Å². The Morgan fingerprint density at radius 2 is 2.00 bits per heavy atom. The first kappa shape index (κ1) is 16.8. The predicted octanol–water partition coefficient (Wildman–Crippen LogP) is 2.62. The molecule has 1 amide bonds. The highest BCUT2D eigenvalue weighted by Gasteiger charge is 2.26. The number of fused-ring (bicyclic) bond motifs is 2. The van der Waals surface area contributed by atoms with E-state index in [1.807, 2.05) is 32.2 Å². The maximum Gasteiger partial charge on any atom is 0.261 e. The molecule has 0 aliphatic carbocycles. The van der Waals surface area contributed by atoms with E-state index in [2.05, 4.69) is 37.4 Å². The number of piperidine rings is 1. The fourth-order valence-corrected chi connectivity index (χ4v) is 3.60. The van der Waals surface area contributed by atoms with Crippen molar-refractivity contribution >= 4 is 29.0 Å². The minimum absolute atomic E-state index is 0.189. The van der Waals surface area contributed by atoms with Crippen molar-refractivity contribution in [3.63, 3.8) is 0 Å². The monoisotopic (exact) mass is 352 g/mol. The van der Waals surface area contributed by atoms with Gasteiger partial charge < -0.3 is 20.4 Å². The first-order valence-electron chi connectivity index (χ1n) is 8.99. The SMILES string of the molecule is Cc1cccc2c1Nc1nc(N(C)C3CCN(C)CC3)ncc1C(=O)N2. The molecule has 1 aromatic carbocycles. The summed E-state index contributed by atoms with van der Waals surface area (Å²) in [4.78, 5) is 26.2. The number of likely N-dealkylation sites (tertiary alicyclic amines) is 1. The molecule has 1 fully saturated rings. The number of benzene rings is 1. The number of rotatable bonds is 2. The van der Waals surface area contributed by atoms with Crippen LogP contribution in [0, 0.1) is 6.92 Å². The quantitative estimate of drug-likeness (QED) is 0.866. The molecule has 2 aliphatic heterocycles. The molecule has 7 heteroatoms. The van der Waals surface area contributed by atoms with E-state index >= 15 is 0 Å². The summed E-state index contributed by atoms with van der Waals surface area (Å²) in [5, 5.41) is 6.27.